The van der Waals surface area contributed by atoms with Gasteiger partial charge in [-0.1, -0.05) is 183 Å². The molecule has 0 aromatic carbocycles. The van der Waals surface area contributed by atoms with Gasteiger partial charge in [0, 0.05) is 13.0 Å². The van der Waals surface area contributed by atoms with Crippen molar-refractivity contribution in [1.29, 1.82) is 0 Å². The third-order valence-electron chi connectivity index (χ3n) is 13.7. The molecule has 434 valence electrons. The predicted octanol–water partition coefficient (Wildman–Crippen LogP) is 10.6. The van der Waals surface area contributed by atoms with E-state index in [1.54, 1.807) is 0 Å². The van der Waals surface area contributed by atoms with Crippen molar-refractivity contribution < 1.29 is 69.0 Å². The second kappa shape index (κ2) is 47.4. The first-order valence-electron chi connectivity index (χ1n) is 29.5. The lowest BCUT2D eigenvalue weighted by atomic mass is 9.98. The number of carbonyl (C=O) groups excluding carboxylic acids is 1. The van der Waals surface area contributed by atoms with Crippen LogP contribution in [-0.2, 0) is 33.2 Å². The predicted molar refractivity (Wildman–Crippen MR) is 298 cm³/mol. The van der Waals surface area contributed by atoms with Gasteiger partial charge in [-0.25, -0.2) is 0 Å². The molecule has 0 aromatic rings. The molecule has 0 bridgehead atoms. The van der Waals surface area contributed by atoms with E-state index in [0.717, 1.165) is 89.9 Å². The molecule has 14 nitrogen and oxygen atoms in total. The number of esters is 1. The van der Waals surface area contributed by atoms with Crippen molar-refractivity contribution in [3.8, 4) is 0 Å². The molecular formula is C61H106O14. The van der Waals surface area contributed by atoms with Gasteiger partial charge in [-0.3, -0.25) is 4.79 Å². The van der Waals surface area contributed by atoms with Crippen LogP contribution >= 0.6 is 0 Å². The molecule has 0 amide bonds. The third kappa shape index (κ3) is 34.1. The third-order valence-corrected chi connectivity index (χ3v) is 13.7. The Hall–Kier alpha value is -2.57. The first kappa shape index (κ1) is 68.5. The molecule has 2 fully saturated rings. The molecule has 0 saturated carbocycles. The summed E-state index contributed by atoms with van der Waals surface area (Å²) < 4.78 is 34.4. The topological polar surface area (TPSA) is 214 Å². The molecule has 2 aliphatic heterocycles. The van der Waals surface area contributed by atoms with Crippen LogP contribution in [0.4, 0.5) is 0 Å². The van der Waals surface area contributed by atoms with Gasteiger partial charge in [-0.2, -0.15) is 0 Å². The lowest BCUT2D eigenvalue weighted by Gasteiger charge is -2.42. The molecule has 2 aliphatic rings. The van der Waals surface area contributed by atoms with Gasteiger partial charge in [0.2, 0.25) is 0 Å². The Bertz CT molecular complexity index is 1510. The Labute approximate surface area is 453 Å². The van der Waals surface area contributed by atoms with Crippen molar-refractivity contribution in [2.24, 2.45) is 0 Å². The van der Waals surface area contributed by atoms with Gasteiger partial charge in [0.15, 0.2) is 12.6 Å². The van der Waals surface area contributed by atoms with Crippen LogP contribution in [0.3, 0.4) is 0 Å². The highest BCUT2D eigenvalue weighted by atomic mass is 16.7. The second-order valence-corrected chi connectivity index (χ2v) is 20.5. The molecular weight excluding hydrogens is 957 g/mol. The summed E-state index contributed by atoms with van der Waals surface area (Å²) in [7, 11) is 0. The van der Waals surface area contributed by atoms with Crippen molar-refractivity contribution in [1.82, 2.24) is 0 Å². The summed E-state index contributed by atoms with van der Waals surface area (Å²) in [5.74, 6) is -0.393. The van der Waals surface area contributed by atoms with Crippen molar-refractivity contribution in [3.63, 3.8) is 0 Å². The zero-order chi connectivity index (χ0) is 54.4. The molecule has 2 saturated heterocycles. The van der Waals surface area contributed by atoms with Crippen LogP contribution < -0.4 is 0 Å². The zero-order valence-electron chi connectivity index (χ0n) is 46.5. The fourth-order valence-corrected chi connectivity index (χ4v) is 8.89. The SMILES string of the molecule is CCCCC/C=C\C/C=C\C/C=C\CCCCCCCCC(=O)OC(COCCCCCCCCC/C=C\C/C=C\C/C=C\CCCCCCC)COC1OC(COC2OC(CO)C(O)C(O)C2O)C(O)C(O)C1O. The van der Waals surface area contributed by atoms with Crippen LogP contribution in [0.1, 0.15) is 206 Å². The average Bonchev–Trinajstić information content (AvgIpc) is 3.41. The molecule has 0 aromatic heterocycles. The van der Waals surface area contributed by atoms with Gasteiger partial charge < -0.3 is 64.2 Å². The number of aliphatic hydroxyl groups is 7. The maximum atomic E-state index is 13.1. The molecule has 11 atom stereocenters. The number of unbranched alkanes of at least 4 members (excludes halogenated alkanes) is 21. The van der Waals surface area contributed by atoms with E-state index in [0.29, 0.717) is 13.0 Å². The van der Waals surface area contributed by atoms with E-state index in [9.17, 15) is 40.5 Å². The Kier molecular flexibility index (Phi) is 43.3. The van der Waals surface area contributed by atoms with E-state index < -0.39 is 86.7 Å². The van der Waals surface area contributed by atoms with Crippen molar-refractivity contribution >= 4 is 5.97 Å². The van der Waals surface area contributed by atoms with Crippen LogP contribution in [0, 0.1) is 0 Å². The van der Waals surface area contributed by atoms with E-state index in [1.165, 1.54) is 89.9 Å². The highest BCUT2D eigenvalue weighted by molar-refractivity contribution is 5.69. The summed E-state index contributed by atoms with van der Waals surface area (Å²) in [6.45, 7) is 3.61. The van der Waals surface area contributed by atoms with E-state index in [-0.39, 0.29) is 19.6 Å². The van der Waals surface area contributed by atoms with Crippen LogP contribution in [0.2, 0.25) is 0 Å². The number of ether oxygens (including phenoxy) is 6. The van der Waals surface area contributed by atoms with E-state index in [4.69, 9.17) is 28.4 Å². The standard InChI is InChI=1S/C61H106O14/c1-3-5-7-9-11-13-15-17-19-21-23-24-25-27-29-31-33-35-37-39-41-43-45-70-47-50(73-53(63)44-42-40-38-36-34-32-30-28-26-22-20-18-16-14-12-10-8-6-4-2)48-71-60-59(69)57(67)55(65)52(75-60)49-72-61-58(68)56(66)54(64)51(46-62)74-61/h12,14-15,17-18,20-21,23,25-28,50-52,54-62,64-69H,3-11,13,16,19,22,24,29-49H2,1-2H3/b14-12-,17-15-,20-18-,23-21-,27-25-,28-26-. The molecule has 14 heteroatoms. The lowest BCUT2D eigenvalue weighted by Crippen LogP contribution is -2.61. The van der Waals surface area contributed by atoms with Gasteiger partial charge in [0.25, 0.3) is 0 Å². The summed E-state index contributed by atoms with van der Waals surface area (Å²) >= 11 is 0. The van der Waals surface area contributed by atoms with Gasteiger partial charge in [-0.15, -0.1) is 0 Å². The van der Waals surface area contributed by atoms with Crippen LogP contribution in [-0.4, -0.2) is 142 Å². The molecule has 75 heavy (non-hydrogen) atoms. The number of rotatable bonds is 47. The molecule has 11 unspecified atom stereocenters. The van der Waals surface area contributed by atoms with Crippen molar-refractivity contribution in [2.75, 3.05) is 33.0 Å². The van der Waals surface area contributed by atoms with Crippen molar-refractivity contribution in [3.05, 3.63) is 72.9 Å². The van der Waals surface area contributed by atoms with Gasteiger partial charge >= 0.3 is 5.97 Å². The lowest BCUT2D eigenvalue weighted by molar-refractivity contribution is -0.332. The minimum absolute atomic E-state index is 0.0459. The quantitative estimate of drug-likeness (QED) is 0.0172. The molecule has 7 N–H and O–H groups in total. The average molecular weight is 1060 g/mol. The van der Waals surface area contributed by atoms with E-state index in [2.05, 4.69) is 86.8 Å². The van der Waals surface area contributed by atoms with E-state index in [1.807, 2.05) is 0 Å². The fourth-order valence-electron chi connectivity index (χ4n) is 8.89. The fraction of sp³-hybridized carbons (Fsp3) is 0.787. The molecule has 0 spiro atoms. The Morgan fingerprint density at radius 3 is 1.32 bits per heavy atom. The summed E-state index contributed by atoms with van der Waals surface area (Å²) in [4.78, 5) is 13.1. The Balaban J connectivity index is 1.73. The monoisotopic (exact) mass is 1060 g/mol. The molecule has 2 heterocycles. The van der Waals surface area contributed by atoms with Gasteiger partial charge in [0.1, 0.15) is 54.9 Å². The van der Waals surface area contributed by atoms with E-state index >= 15 is 0 Å². The van der Waals surface area contributed by atoms with Crippen LogP contribution in [0.5, 0.6) is 0 Å². The smallest absolute Gasteiger partial charge is 0.306 e. The maximum absolute atomic E-state index is 13.1. The zero-order valence-corrected chi connectivity index (χ0v) is 46.5. The number of hydrogen-bond donors (Lipinski definition) is 7. The van der Waals surface area contributed by atoms with Crippen LogP contribution in [0.25, 0.3) is 0 Å². The maximum Gasteiger partial charge on any atom is 0.306 e. The van der Waals surface area contributed by atoms with Gasteiger partial charge in [-0.05, 0) is 89.9 Å². The van der Waals surface area contributed by atoms with Gasteiger partial charge in [0.05, 0.1) is 26.4 Å². The first-order chi connectivity index (χ1) is 36.6. The largest absolute Gasteiger partial charge is 0.457 e. The normalized spacial score (nSPS) is 25.1. The summed E-state index contributed by atoms with van der Waals surface area (Å²) in [5, 5.41) is 72.4. The number of allylic oxidation sites excluding steroid dienone is 12. The minimum Gasteiger partial charge on any atom is -0.457 e. The molecule has 0 aliphatic carbocycles. The molecule has 2 rings (SSSR count). The number of hydrogen-bond acceptors (Lipinski definition) is 14. The molecule has 0 radical (unpaired) electrons. The van der Waals surface area contributed by atoms with Crippen molar-refractivity contribution in [2.45, 2.75) is 274 Å². The Morgan fingerprint density at radius 1 is 0.440 bits per heavy atom. The number of carbonyl (C=O) groups is 1. The van der Waals surface area contributed by atoms with Crippen LogP contribution in [0.15, 0.2) is 72.9 Å². The highest BCUT2D eigenvalue weighted by Gasteiger charge is 2.47. The number of aliphatic hydroxyl groups excluding tert-OH is 7. The highest BCUT2D eigenvalue weighted by Crippen LogP contribution is 2.26. The summed E-state index contributed by atoms with van der Waals surface area (Å²) in [6.07, 6.45) is 43.8. The Morgan fingerprint density at radius 2 is 0.827 bits per heavy atom. The summed E-state index contributed by atoms with van der Waals surface area (Å²) in [5.41, 5.74) is 0. The first-order valence-corrected chi connectivity index (χ1v) is 29.5. The second-order valence-electron chi connectivity index (χ2n) is 20.5. The summed E-state index contributed by atoms with van der Waals surface area (Å²) in [6, 6.07) is 0. The minimum atomic E-state index is -1.72.